The quantitative estimate of drug-likeness (QED) is 0.0971. The number of nitrogens with zero attached hydrogens (tertiary/aromatic N) is 4. The number of fused-ring (bicyclic) bond motifs is 4. The number of carbonyl (C=O) groups excluding carboxylic acids is 5. The molecule has 3 fully saturated rings. The van der Waals surface area contributed by atoms with Gasteiger partial charge in [-0.1, -0.05) is 42.0 Å². The number of aliphatic hydroxyl groups excluding tert-OH is 1. The van der Waals surface area contributed by atoms with Crippen LogP contribution in [0.2, 0.25) is 0 Å². The Balaban J connectivity index is 0.731. The lowest BCUT2D eigenvalue weighted by atomic mass is 9.82. The number of ether oxygens (including phenoxy) is 1. The molecular formula is C49H55N7O9S. The molecule has 5 heterocycles. The Hall–Kier alpha value is -5.98. The van der Waals surface area contributed by atoms with Crippen LogP contribution in [-0.4, -0.2) is 133 Å². The first-order valence-electron chi connectivity index (χ1n) is 22.8. The summed E-state index contributed by atoms with van der Waals surface area (Å²) in [6, 6.07) is 23.7. The van der Waals surface area contributed by atoms with Gasteiger partial charge in [0.2, 0.25) is 27.7 Å². The fraction of sp³-hybridized carbons (Fsp3) is 0.408. The van der Waals surface area contributed by atoms with Gasteiger partial charge in [0.15, 0.2) is 0 Å². The monoisotopic (exact) mass is 917 g/mol. The van der Waals surface area contributed by atoms with Crippen LogP contribution in [0.3, 0.4) is 0 Å². The van der Waals surface area contributed by atoms with E-state index in [0.717, 1.165) is 72.1 Å². The number of hydrogen-bond donors (Lipinski definition) is 4. The molecule has 4 aromatic rings. The average Bonchev–Trinajstić information content (AvgIpc) is 3.88. The Morgan fingerprint density at radius 3 is 2.30 bits per heavy atom. The van der Waals surface area contributed by atoms with Crippen molar-refractivity contribution in [2.75, 3.05) is 69.7 Å². The normalized spacial score (nSPS) is 22.4. The summed E-state index contributed by atoms with van der Waals surface area (Å²) >= 11 is 0. The van der Waals surface area contributed by atoms with Crippen molar-refractivity contribution in [2.24, 2.45) is 5.92 Å². The molecule has 1 unspecified atom stereocenters. The van der Waals surface area contributed by atoms with Gasteiger partial charge in [-0.2, -0.15) is 4.31 Å². The number of sulfonamides is 1. The molecule has 0 aliphatic carbocycles. The smallest absolute Gasteiger partial charge is 0.266 e. The number of aryl methyl sites for hydroxylation is 1. The summed E-state index contributed by atoms with van der Waals surface area (Å²) in [5.74, 6) is -2.09. The zero-order chi connectivity index (χ0) is 46.1. The van der Waals surface area contributed by atoms with Gasteiger partial charge in [-0.15, -0.1) is 0 Å². The van der Waals surface area contributed by atoms with E-state index in [4.69, 9.17) is 4.74 Å². The molecule has 9 rings (SSSR count). The SMILES string of the molecule is Cc1ccc(S(=O)(=O)N2CC[C@@H]3[C@H](CO)Nc4ccc(-c5cccc(NC(=O)CCCN6CCN(CCCOc7cccc8c7C(=O)N(C7CCC(=O)NC7=O)C8=O)CC6)c5)cc4[C@@H]32)cc1. The van der Waals surface area contributed by atoms with Crippen LogP contribution >= 0.6 is 0 Å². The number of carbonyl (C=O) groups is 5. The van der Waals surface area contributed by atoms with E-state index >= 15 is 0 Å². The van der Waals surface area contributed by atoms with Gasteiger partial charge in [0, 0.05) is 69.4 Å². The predicted octanol–water partition coefficient (Wildman–Crippen LogP) is 4.41. The van der Waals surface area contributed by atoms with Crippen LogP contribution in [-0.2, 0) is 24.4 Å². The number of imide groups is 2. The van der Waals surface area contributed by atoms with Crippen LogP contribution in [0.15, 0.2) is 89.8 Å². The van der Waals surface area contributed by atoms with Gasteiger partial charge in [-0.25, -0.2) is 8.42 Å². The number of hydrogen-bond acceptors (Lipinski definition) is 12. The van der Waals surface area contributed by atoms with Gasteiger partial charge >= 0.3 is 0 Å². The lowest BCUT2D eigenvalue weighted by molar-refractivity contribution is -0.136. The standard InChI is InChI=1S/C49H55N7O9S/c1-31-11-14-35(15-12-31)66(63,64)55-22-19-36-40(30-57)51-39-16-13-33(29-38(39)46(36)55)32-6-2-7-34(28-32)50-43(58)10-4-20-53-23-25-54(26-24-53)21-5-27-65-42-9-3-8-37-45(42)49(62)56(48(37)61)41-17-18-44(59)52-47(41)60/h2-3,6-9,11-16,28-29,36,40-41,46,51,57H,4-5,10,17-27,30H2,1H3,(H,50,58)(H,52,59,60)/t36-,40+,41?,46-/m1/s1. The molecule has 16 nitrogen and oxygen atoms in total. The van der Waals surface area contributed by atoms with Gasteiger partial charge in [0.05, 0.1) is 41.3 Å². The predicted molar refractivity (Wildman–Crippen MR) is 246 cm³/mol. The fourth-order valence-corrected chi connectivity index (χ4v) is 11.8. The Kier molecular flexibility index (Phi) is 13.1. The van der Waals surface area contributed by atoms with Crippen molar-refractivity contribution in [1.29, 1.82) is 0 Å². The molecule has 5 aliphatic rings. The van der Waals surface area contributed by atoms with E-state index in [-0.39, 0.29) is 53.3 Å². The Bertz CT molecular complexity index is 2650. The molecule has 4 atom stereocenters. The Labute approximate surface area is 384 Å². The summed E-state index contributed by atoms with van der Waals surface area (Å²) in [5, 5.41) is 19.0. The zero-order valence-electron chi connectivity index (χ0n) is 36.9. The Morgan fingerprint density at radius 2 is 1.56 bits per heavy atom. The lowest BCUT2D eigenvalue weighted by Gasteiger charge is -2.39. The minimum Gasteiger partial charge on any atom is -0.493 e. The van der Waals surface area contributed by atoms with Crippen molar-refractivity contribution in [3.05, 3.63) is 107 Å². The van der Waals surface area contributed by atoms with Gasteiger partial charge in [0.25, 0.3) is 11.8 Å². The fourth-order valence-electron chi connectivity index (χ4n) is 10.1. The van der Waals surface area contributed by atoms with Crippen molar-refractivity contribution in [2.45, 2.75) is 68.5 Å². The van der Waals surface area contributed by atoms with E-state index in [0.29, 0.717) is 50.3 Å². The number of benzene rings is 4. The second-order valence-electron chi connectivity index (χ2n) is 17.8. The number of anilines is 2. The minimum atomic E-state index is -3.80. The molecule has 66 heavy (non-hydrogen) atoms. The minimum absolute atomic E-state index is 0.0540. The highest BCUT2D eigenvalue weighted by Crippen LogP contribution is 2.49. The van der Waals surface area contributed by atoms with Crippen molar-refractivity contribution in [3.63, 3.8) is 0 Å². The molecule has 0 radical (unpaired) electrons. The van der Waals surface area contributed by atoms with Crippen molar-refractivity contribution in [1.82, 2.24) is 24.3 Å². The molecule has 17 heteroatoms. The van der Waals surface area contributed by atoms with Gasteiger partial charge < -0.3 is 30.3 Å². The summed E-state index contributed by atoms with van der Waals surface area (Å²) in [6.07, 6.45) is 2.55. The maximum atomic E-state index is 14.0. The van der Waals surface area contributed by atoms with Crippen LogP contribution in [0, 0.1) is 12.8 Å². The average molecular weight is 918 g/mol. The number of piperazine rings is 1. The van der Waals surface area contributed by atoms with Gasteiger partial charge in [-0.05, 0) is 104 Å². The second-order valence-corrected chi connectivity index (χ2v) is 19.7. The van der Waals surface area contributed by atoms with Gasteiger partial charge in [-0.3, -0.25) is 34.2 Å². The highest BCUT2D eigenvalue weighted by Gasteiger charge is 2.49. The van der Waals surface area contributed by atoms with E-state index < -0.39 is 45.7 Å². The summed E-state index contributed by atoms with van der Waals surface area (Å²) < 4.78 is 35.7. The summed E-state index contributed by atoms with van der Waals surface area (Å²) in [4.78, 5) is 69.7. The van der Waals surface area contributed by atoms with Crippen molar-refractivity contribution >= 4 is 50.9 Å². The first kappa shape index (κ1) is 45.2. The third-order valence-corrected chi connectivity index (χ3v) is 15.5. The molecule has 0 aromatic heterocycles. The molecule has 346 valence electrons. The molecule has 0 saturated carbocycles. The van der Waals surface area contributed by atoms with E-state index in [9.17, 15) is 37.5 Å². The topological polar surface area (TPSA) is 198 Å². The number of nitrogens with one attached hydrogen (secondary N) is 3. The summed E-state index contributed by atoms with van der Waals surface area (Å²) in [7, 11) is -3.80. The molecule has 5 amide bonds. The van der Waals surface area contributed by atoms with Gasteiger partial charge in [0.1, 0.15) is 11.8 Å². The second kappa shape index (κ2) is 19.1. The Morgan fingerprint density at radius 1 is 0.833 bits per heavy atom. The molecule has 4 N–H and O–H groups in total. The third kappa shape index (κ3) is 9.09. The van der Waals surface area contributed by atoms with E-state index in [1.807, 2.05) is 61.5 Å². The van der Waals surface area contributed by atoms with Crippen LogP contribution in [0.4, 0.5) is 11.4 Å². The van der Waals surface area contributed by atoms with E-state index in [2.05, 4.69) is 25.8 Å². The van der Waals surface area contributed by atoms with Crippen LogP contribution in [0.25, 0.3) is 11.1 Å². The molecule has 0 spiro atoms. The zero-order valence-corrected chi connectivity index (χ0v) is 37.7. The lowest BCUT2D eigenvalue weighted by Crippen LogP contribution is -2.54. The molecule has 5 aliphatic heterocycles. The maximum Gasteiger partial charge on any atom is 0.266 e. The largest absolute Gasteiger partial charge is 0.493 e. The number of aliphatic hydroxyl groups is 1. The number of amides is 5. The highest BCUT2D eigenvalue weighted by atomic mass is 32.2. The molecule has 0 bridgehead atoms. The molecular weight excluding hydrogens is 863 g/mol. The maximum absolute atomic E-state index is 14.0. The van der Waals surface area contributed by atoms with Crippen molar-refractivity contribution in [3.8, 4) is 16.9 Å². The number of piperidine rings is 1. The van der Waals surface area contributed by atoms with E-state index in [1.54, 1.807) is 34.6 Å². The van der Waals surface area contributed by atoms with Crippen LogP contribution in [0.1, 0.15) is 76.4 Å². The first-order chi connectivity index (χ1) is 31.9. The highest BCUT2D eigenvalue weighted by molar-refractivity contribution is 7.89. The summed E-state index contributed by atoms with van der Waals surface area (Å²) in [6.45, 7) is 7.59. The molecule has 4 aromatic carbocycles. The van der Waals surface area contributed by atoms with E-state index in [1.165, 1.54) is 0 Å². The third-order valence-electron chi connectivity index (χ3n) is 13.6. The molecule has 3 saturated heterocycles. The van der Waals surface area contributed by atoms with Crippen LogP contribution in [0.5, 0.6) is 5.75 Å². The summed E-state index contributed by atoms with van der Waals surface area (Å²) in [5.41, 5.74) is 5.45. The van der Waals surface area contributed by atoms with Crippen molar-refractivity contribution < 1.29 is 42.2 Å². The van der Waals surface area contributed by atoms with Crippen LogP contribution < -0.4 is 20.7 Å². The first-order valence-corrected chi connectivity index (χ1v) is 24.3. The number of rotatable bonds is 15.